The summed E-state index contributed by atoms with van der Waals surface area (Å²) in [5.41, 5.74) is 1.05. The Kier molecular flexibility index (Phi) is 4.71. The van der Waals surface area contributed by atoms with Gasteiger partial charge in [-0.1, -0.05) is 0 Å². The van der Waals surface area contributed by atoms with Gasteiger partial charge in [0.15, 0.2) is 0 Å². The van der Waals surface area contributed by atoms with Crippen LogP contribution < -0.4 is 10.1 Å². The van der Waals surface area contributed by atoms with Crippen LogP contribution in [0.3, 0.4) is 0 Å². The van der Waals surface area contributed by atoms with Crippen molar-refractivity contribution in [2.45, 2.75) is 38.8 Å². The Labute approximate surface area is 119 Å². The average molecular weight is 278 g/mol. The van der Waals surface area contributed by atoms with Gasteiger partial charge in [-0.2, -0.15) is 0 Å². The van der Waals surface area contributed by atoms with Gasteiger partial charge in [-0.15, -0.1) is 0 Å². The van der Waals surface area contributed by atoms with E-state index in [0.717, 1.165) is 24.3 Å². The number of carbonyl (C=O) groups is 1. The van der Waals surface area contributed by atoms with E-state index in [1.165, 1.54) is 4.90 Å². The van der Waals surface area contributed by atoms with Crippen molar-refractivity contribution in [2.75, 3.05) is 18.4 Å². The van der Waals surface area contributed by atoms with Crippen LogP contribution in [-0.4, -0.2) is 41.3 Å². The van der Waals surface area contributed by atoms with Crippen LogP contribution in [0.25, 0.3) is 0 Å². The Morgan fingerprint density at radius 3 is 2.40 bits per heavy atom. The van der Waals surface area contributed by atoms with Crippen LogP contribution >= 0.6 is 0 Å². The van der Waals surface area contributed by atoms with Gasteiger partial charge < -0.3 is 20.1 Å². The molecule has 5 nitrogen and oxygen atoms in total. The van der Waals surface area contributed by atoms with Gasteiger partial charge in [-0.3, -0.25) is 0 Å². The third kappa shape index (κ3) is 4.05. The SMILES string of the molecule is CC(C)Oc1ccc(NC2CCN(C(=O)O)CC2)cc1. The number of carboxylic acid groups (broad SMARTS) is 1. The zero-order valence-electron chi connectivity index (χ0n) is 12.0. The third-order valence-corrected chi connectivity index (χ3v) is 3.36. The summed E-state index contributed by atoms with van der Waals surface area (Å²) in [6.45, 7) is 5.20. The van der Waals surface area contributed by atoms with Crippen LogP contribution in [0, 0.1) is 0 Å². The van der Waals surface area contributed by atoms with Gasteiger partial charge in [-0.05, 0) is 51.0 Å². The van der Waals surface area contributed by atoms with Gasteiger partial charge in [0.1, 0.15) is 5.75 Å². The molecule has 20 heavy (non-hydrogen) atoms. The summed E-state index contributed by atoms with van der Waals surface area (Å²) >= 11 is 0. The monoisotopic (exact) mass is 278 g/mol. The minimum absolute atomic E-state index is 0.175. The van der Waals surface area contributed by atoms with E-state index in [9.17, 15) is 4.79 Å². The van der Waals surface area contributed by atoms with Crippen molar-refractivity contribution in [2.24, 2.45) is 0 Å². The second-order valence-electron chi connectivity index (χ2n) is 5.38. The lowest BCUT2D eigenvalue weighted by atomic mass is 10.1. The maximum Gasteiger partial charge on any atom is 0.407 e. The summed E-state index contributed by atoms with van der Waals surface area (Å²) in [5, 5.41) is 12.4. The Morgan fingerprint density at radius 2 is 1.90 bits per heavy atom. The van der Waals surface area contributed by atoms with Gasteiger partial charge in [0.2, 0.25) is 0 Å². The zero-order valence-corrected chi connectivity index (χ0v) is 12.0. The lowest BCUT2D eigenvalue weighted by molar-refractivity contribution is 0.134. The summed E-state index contributed by atoms with van der Waals surface area (Å²) in [6.07, 6.45) is 1.04. The number of piperidine rings is 1. The molecule has 5 heteroatoms. The highest BCUT2D eigenvalue weighted by Crippen LogP contribution is 2.20. The molecule has 110 valence electrons. The van der Waals surface area contributed by atoms with Crippen LogP contribution in [0.5, 0.6) is 5.75 Å². The Morgan fingerprint density at radius 1 is 1.30 bits per heavy atom. The fraction of sp³-hybridized carbons (Fsp3) is 0.533. The lowest BCUT2D eigenvalue weighted by Crippen LogP contribution is -2.41. The summed E-state index contributed by atoms with van der Waals surface area (Å²) in [5.74, 6) is 0.867. The number of nitrogens with zero attached hydrogens (tertiary/aromatic N) is 1. The molecule has 0 unspecified atom stereocenters. The van der Waals surface area contributed by atoms with E-state index in [4.69, 9.17) is 9.84 Å². The molecule has 0 radical (unpaired) electrons. The van der Waals surface area contributed by atoms with Gasteiger partial charge >= 0.3 is 6.09 Å². The minimum Gasteiger partial charge on any atom is -0.491 e. The molecule has 2 rings (SSSR count). The normalized spacial score (nSPS) is 16.2. The number of nitrogens with one attached hydrogen (secondary N) is 1. The van der Waals surface area contributed by atoms with E-state index in [1.807, 2.05) is 38.1 Å². The Hall–Kier alpha value is -1.91. The van der Waals surface area contributed by atoms with Crippen molar-refractivity contribution < 1.29 is 14.6 Å². The first-order valence-electron chi connectivity index (χ1n) is 7.05. The fourth-order valence-electron chi connectivity index (χ4n) is 2.35. The number of anilines is 1. The average Bonchev–Trinajstić information content (AvgIpc) is 2.41. The highest BCUT2D eigenvalue weighted by molar-refractivity contribution is 5.65. The van der Waals surface area contributed by atoms with Crippen molar-refractivity contribution in [1.29, 1.82) is 0 Å². The van der Waals surface area contributed by atoms with Crippen LogP contribution in [0.15, 0.2) is 24.3 Å². The number of ether oxygens (including phenoxy) is 1. The van der Waals surface area contributed by atoms with E-state index >= 15 is 0 Å². The molecule has 1 aliphatic rings. The Bertz CT molecular complexity index is 437. The number of hydrogen-bond donors (Lipinski definition) is 2. The van der Waals surface area contributed by atoms with Crippen molar-refractivity contribution in [3.63, 3.8) is 0 Å². The van der Waals surface area contributed by atoms with Crippen molar-refractivity contribution in [3.8, 4) is 5.75 Å². The topological polar surface area (TPSA) is 61.8 Å². The lowest BCUT2D eigenvalue weighted by Gasteiger charge is -2.31. The minimum atomic E-state index is -0.821. The van der Waals surface area contributed by atoms with Crippen molar-refractivity contribution in [3.05, 3.63) is 24.3 Å². The van der Waals surface area contributed by atoms with E-state index in [2.05, 4.69) is 5.32 Å². The zero-order chi connectivity index (χ0) is 14.5. The smallest absolute Gasteiger partial charge is 0.407 e. The van der Waals surface area contributed by atoms with Crippen LogP contribution in [0.2, 0.25) is 0 Å². The molecule has 0 saturated carbocycles. The van der Waals surface area contributed by atoms with Crippen molar-refractivity contribution in [1.82, 2.24) is 4.90 Å². The Balaban J connectivity index is 1.83. The number of likely N-dealkylation sites (tertiary alicyclic amines) is 1. The molecule has 2 N–H and O–H groups in total. The molecule has 1 aromatic rings. The quantitative estimate of drug-likeness (QED) is 0.888. The van der Waals surface area contributed by atoms with Crippen LogP contribution in [-0.2, 0) is 0 Å². The van der Waals surface area contributed by atoms with E-state index in [0.29, 0.717) is 19.1 Å². The fourth-order valence-corrected chi connectivity index (χ4v) is 2.35. The molecule has 1 aromatic carbocycles. The molecule has 0 atom stereocenters. The second-order valence-corrected chi connectivity index (χ2v) is 5.38. The van der Waals surface area contributed by atoms with Crippen LogP contribution in [0.1, 0.15) is 26.7 Å². The predicted molar refractivity (Wildman–Crippen MR) is 78.4 cm³/mol. The van der Waals surface area contributed by atoms with Crippen LogP contribution in [0.4, 0.5) is 10.5 Å². The molecule has 1 aliphatic heterocycles. The largest absolute Gasteiger partial charge is 0.491 e. The number of amides is 1. The number of hydrogen-bond acceptors (Lipinski definition) is 3. The summed E-state index contributed by atoms with van der Waals surface area (Å²) in [6, 6.07) is 8.24. The van der Waals surface area contributed by atoms with E-state index in [1.54, 1.807) is 0 Å². The summed E-state index contributed by atoms with van der Waals surface area (Å²) in [7, 11) is 0. The number of benzene rings is 1. The molecule has 1 saturated heterocycles. The first-order chi connectivity index (χ1) is 9.54. The second kappa shape index (κ2) is 6.50. The van der Waals surface area contributed by atoms with Gasteiger partial charge in [0.25, 0.3) is 0 Å². The van der Waals surface area contributed by atoms with Gasteiger partial charge in [0.05, 0.1) is 6.10 Å². The molecule has 0 aliphatic carbocycles. The molecule has 0 spiro atoms. The standard InChI is InChI=1S/C15H22N2O3/c1-11(2)20-14-5-3-12(4-6-14)16-13-7-9-17(10-8-13)15(18)19/h3-6,11,13,16H,7-10H2,1-2H3,(H,18,19). The van der Waals surface area contributed by atoms with E-state index in [-0.39, 0.29) is 6.10 Å². The van der Waals surface area contributed by atoms with Gasteiger partial charge in [-0.25, -0.2) is 4.79 Å². The maximum atomic E-state index is 10.8. The van der Waals surface area contributed by atoms with Crippen molar-refractivity contribution >= 4 is 11.8 Å². The molecule has 1 fully saturated rings. The van der Waals surface area contributed by atoms with E-state index < -0.39 is 6.09 Å². The summed E-state index contributed by atoms with van der Waals surface area (Å²) in [4.78, 5) is 12.3. The highest BCUT2D eigenvalue weighted by Gasteiger charge is 2.21. The predicted octanol–water partition coefficient (Wildman–Crippen LogP) is 3.03. The molecule has 0 aromatic heterocycles. The van der Waals surface area contributed by atoms with Gasteiger partial charge in [0, 0.05) is 24.8 Å². The first-order valence-corrected chi connectivity index (χ1v) is 7.05. The number of rotatable bonds is 4. The molecule has 1 heterocycles. The third-order valence-electron chi connectivity index (χ3n) is 3.36. The molecular formula is C15H22N2O3. The highest BCUT2D eigenvalue weighted by atomic mass is 16.5. The first kappa shape index (κ1) is 14.5. The molecular weight excluding hydrogens is 256 g/mol. The molecule has 0 bridgehead atoms. The maximum absolute atomic E-state index is 10.8. The molecule has 1 amide bonds. The summed E-state index contributed by atoms with van der Waals surface area (Å²) < 4.78 is 5.60.